The summed E-state index contributed by atoms with van der Waals surface area (Å²) in [5.41, 5.74) is 1.42. The van der Waals surface area contributed by atoms with Gasteiger partial charge in [0, 0.05) is 4.88 Å². The minimum atomic E-state index is 0.129. The third-order valence-corrected chi connectivity index (χ3v) is 6.25. The van der Waals surface area contributed by atoms with Gasteiger partial charge in [-0.2, -0.15) is 0 Å². The molecule has 0 spiro atoms. The Labute approximate surface area is 112 Å². The van der Waals surface area contributed by atoms with Crippen molar-refractivity contribution in [2.75, 3.05) is 0 Å². The smallest absolute Gasteiger partial charge is 0.0960 e. The molecule has 0 saturated heterocycles. The van der Waals surface area contributed by atoms with Crippen LogP contribution in [0, 0.1) is 12.3 Å². The summed E-state index contributed by atoms with van der Waals surface area (Å²) in [7, 11) is 0. The number of thiophene rings is 1. The Kier molecular flexibility index (Phi) is 3.88. The van der Waals surface area contributed by atoms with E-state index in [1.54, 1.807) is 11.3 Å². The Bertz CT molecular complexity index is 345. The Hall–Kier alpha value is 0.280. The van der Waals surface area contributed by atoms with Gasteiger partial charge in [0.1, 0.15) is 0 Å². The molecule has 16 heavy (non-hydrogen) atoms. The van der Waals surface area contributed by atoms with E-state index in [0.29, 0.717) is 0 Å². The van der Waals surface area contributed by atoms with E-state index in [1.807, 2.05) is 0 Å². The molecule has 1 fully saturated rings. The number of hydrogen-bond donors (Lipinski definition) is 0. The molecular weight excluding hydrogens is 259 g/mol. The minimum Gasteiger partial charge on any atom is -0.127 e. The van der Waals surface area contributed by atoms with E-state index in [0.717, 1.165) is 9.90 Å². The lowest BCUT2D eigenvalue weighted by molar-refractivity contribution is 0.208. The van der Waals surface area contributed by atoms with Gasteiger partial charge in [-0.25, -0.2) is 0 Å². The van der Waals surface area contributed by atoms with Gasteiger partial charge in [0.2, 0.25) is 0 Å². The zero-order chi connectivity index (χ0) is 11.8. The molecule has 0 radical (unpaired) electrons. The van der Waals surface area contributed by atoms with Gasteiger partial charge in [-0.3, -0.25) is 0 Å². The molecule has 0 nitrogen and oxygen atoms in total. The molecule has 1 unspecified atom stereocenters. The Morgan fingerprint density at radius 1 is 1.31 bits per heavy atom. The van der Waals surface area contributed by atoms with E-state index < -0.39 is 0 Å². The summed E-state index contributed by atoms with van der Waals surface area (Å²) in [6.45, 7) is 4.38. The first-order valence-corrected chi connectivity index (χ1v) is 7.56. The van der Waals surface area contributed by atoms with Crippen LogP contribution in [0.1, 0.15) is 54.8 Å². The molecule has 0 amide bonds. The average molecular weight is 277 g/mol. The van der Waals surface area contributed by atoms with Crippen LogP contribution in [0.4, 0.5) is 0 Å². The highest BCUT2D eigenvalue weighted by atomic mass is 35.5. The number of alkyl halides is 1. The number of hydrogen-bond acceptors (Lipinski definition) is 1. The highest BCUT2D eigenvalue weighted by Gasteiger charge is 2.36. The normalized spacial score (nSPS) is 22.0. The summed E-state index contributed by atoms with van der Waals surface area (Å²) in [5.74, 6) is 0. The summed E-state index contributed by atoms with van der Waals surface area (Å²) in [5, 5.41) is 0.129. The molecule has 0 bridgehead atoms. The number of rotatable bonds is 2. The van der Waals surface area contributed by atoms with Crippen molar-refractivity contribution in [1.29, 1.82) is 0 Å². The van der Waals surface area contributed by atoms with Crippen LogP contribution in [0.2, 0.25) is 4.34 Å². The largest absolute Gasteiger partial charge is 0.127 e. The van der Waals surface area contributed by atoms with Crippen molar-refractivity contribution in [2.45, 2.75) is 51.3 Å². The van der Waals surface area contributed by atoms with Crippen molar-refractivity contribution < 1.29 is 0 Å². The maximum atomic E-state index is 6.66. The molecule has 1 aromatic rings. The van der Waals surface area contributed by atoms with Crippen LogP contribution in [-0.4, -0.2) is 0 Å². The van der Waals surface area contributed by atoms with Crippen LogP contribution in [0.15, 0.2) is 6.07 Å². The third kappa shape index (κ3) is 2.42. The van der Waals surface area contributed by atoms with Gasteiger partial charge in [-0.15, -0.1) is 22.9 Å². The monoisotopic (exact) mass is 276 g/mol. The van der Waals surface area contributed by atoms with Crippen LogP contribution in [0.3, 0.4) is 0 Å². The number of halogens is 2. The van der Waals surface area contributed by atoms with Gasteiger partial charge >= 0.3 is 0 Å². The van der Waals surface area contributed by atoms with E-state index in [9.17, 15) is 0 Å². The Balaban J connectivity index is 2.20. The fourth-order valence-electron chi connectivity index (χ4n) is 2.56. The maximum Gasteiger partial charge on any atom is 0.0960 e. The van der Waals surface area contributed by atoms with Crippen molar-refractivity contribution >= 4 is 34.5 Å². The van der Waals surface area contributed by atoms with E-state index in [4.69, 9.17) is 23.2 Å². The van der Waals surface area contributed by atoms with E-state index in [2.05, 4.69) is 19.9 Å². The first-order chi connectivity index (χ1) is 7.53. The van der Waals surface area contributed by atoms with Gasteiger partial charge in [0.25, 0.3) is 0 Å². The molecule has 1 atom stereocenters. The molecule has 1 aliphatic rings. The van der Waals surface area contributed by atoms with Crippen molar-refractivity contribution in [1.82, 2.24) is 0 Å². The summed E-state index contributed by atoms with van der Waals surface area (Å²) in [6, 6.07) is 2.16. The zero-order valence-corrected chi connectivity index (χ0v) is 12.2. The summed E-state index contributed by atoms with van der Waals surface area (Å²) in [6.07, 6.45) is 6.49. The molecule has 1 heterocycles. The fourth-order valence-corrected chi connectivity index (χ4v) is 4.35. The van der Waals surface area contributed by atoms with Crippen LogP contribution in [0.25, 0.3) is 0 Å². The summed E-state index contributed by atoms with van der Waals surface area (Å²) < 4.78 is 0.889. The molecular formula is C13H18Cl2S. The van der Waals surface area contributed by atoms with Crippen LogP contribution in [0.5, 0.6) is 0 Å². The molecule has 2 rings (SSSR count). The first kappa shape index (κ1) is 12.7. The predicted molar refractivity (Wildman–Crippen MR) is 73.9 cm³/mol. The summed E-state index contributed by atoms with van der Waals surface area (Å²) >= 11 is 14.4. The molecule has 0 aliphatic heterocycles. The van der Waals surface area contributed by atoms with Gasteiger partial charge in [-0.1, -0.05) is 37.8 Å². The Morgan fingerprint density at radius 2 is 1.94 bits per heavy atom. The van der Waals surface area contributed by atoms with Crippen LogP contribution in [-0.2, 0) is 0 Å². The molecule has 1 aromatic heterocycles. The quantitative estimate of drug-likeness (QED) is 0.585. The van der Waals surface area contributed by atoms with Crippen molar-refractivity contribution in [3.05, 3.63) is 20.8 Å². The lowest BCUT2D eigenvalue weighted by Gasteiger charge is -2.37. The molecule has 0 N–H and O–H groups in total. The second kappa shape index (κ2) is 4.88. The second-order valence-electron chi connectivity index (χ2n) is 5.18. The van der Waals surface area contributed by atoms with Crippen molar-refractivity contribution in [2.24, 2.45) is 5.41 Å². The SMILES string of the molecule is Cc1cc(C(Cl)C2(C)CCCCC2)sc1Cl. The van der Waals surface area contributed by atoms with Gasteiger partial charge in [-0.05, 0) is 36.8 Å². The van der Waals surface area contributed by atoms with Crippen LogP contribution >= 0.6 is 34.5 Å². The fraction of sp³-hybridized carbons (Fsp3) is 0.692. The molecule has 1 aliphatic carbocycles. The number of aryl methyl sites for hydroxylation is 1. The minimum absolute atomic E-state index is 0.129. The van der Waals surface area contributed by atoms with Crippen molar-refractivity contribution in [3.63, 3.8) is 0 Å². The lowest BCUT2D eigenvalue weighted by Crippen LogP contribution is -2.24. The van der Waals surface area contributed by atoms with Gasteiger partial charge in [0.05, 0.1) is 9.71 Å². The molecule has 1 saturated carbocycles. The first-order valence-electron chi connectivity index (χ1n) is 5.93. The lowest BCUT2D eigenvalue weighted by atomic mass is 9.73. The van der Waals surface area contributed by atoms with E-state index in [-0.39, 0.29) is 10.8 Å². The third-order valence-electron chi connectivity index (χ3n) is 3.73. The van der Waals surface area contributed by atoms with Crippen molar-refractivity contribution in [3.8, 4) is 0 Å². The average Bonchev–Trinajstić information content (AvgIpc) is 2.59. The predicted octanol–water partition coefficient (Wildman–Crippen LogP) is 5.96. The summed E-state index contributed by atoms with van der Waals surface area (Å²) in [4.78, 5) is 1.24. The van der Waals surface area contributed by atoms with Gasteiger partial charge in [0.15, 0.2) is 0 Å². The second-order valence-corrected chi connectivity index (χ2v) is 7.31. The highest BCUT2D eigenvalue weighted by molar-refractivity contribution is 7.16. The van der Waals surface area contributed by atoms with Gasteiger partial charge < -0.3 is 0 Å². The van der Waals surface area contributed by atoms with Crippen LogP contribution < -0.4 is 0 Å². The standard InChI is InChI=1S/C13H18Cl2S/c1-9-8-10(16-12(9)15)11(14)13(2)6-4-3-5-7-13/h8,11H,3-7H2,1-2H3. The highest BCUT2D eigenvalue weighted by Crippen LogP contribution is 2.51. The van der Waals surface area contributed by atoms with E-state index >= 15 is 0 Å². The molecule has 0 aromatic carbocycles. The topological polar surface area (TPSA) is 0 Å². The molecule has 90 valence electrons. The zero-order valence-electron chi connectivity index (χ0n) is 9.85. The molecule has 3 heteroatoms. The Morgan fingerprint density at radius 3 is 2.44 bits per heavy atom. The maximum absolute atomic E-state index is 6.66. The van der Waals surface area contributed by atoms with E-state index in [1.165, 1.54) is 37.0 Å².